The van der Waals surface area contributed by atoms with Gasteiger partial charge in [-0.25, -0.2) is 0 Å². The van der Waals surface area contributed by atoms with Gasteiger partial charge in [0.05, 0.1) is 12.0 Å². The van der Waals surface area contributed by atoms with Crippen molar-refractivity contribution >= 4 is 5.91 Å². The van der Waals surface area contributed by atoms with Gasteiger partial charge in [0.25, 0.3) is 0 Å². The van der Waals surface area contributed by atoms with Crippen LogP contribution in [-0.2, 0) is 16.1 Å². The number of nitrogens with zero attached hydrogens (tertiary/aromatic N) is 3. The number of aromatic nitrogens is 2. The monoisotopic (exact) mass is 291 g/mol. The number of ether oxygens (including phenoxy) is 1. The van der Waals surface area contributed by atoms with Crippen LogP contribution in [0.4, 0.5) is 0 Å². The molecule has 0 spiro atoms. The first-order valence-electron chi connectivity index (χ1n) is 8.12. The number of amides is 1. The van der Waals surface area contributed by atoms with Gasteiger partial charge in [-0.1, -0.05) is 0 Å². The Labute approximate surface area is 126 Å². The lowest BCUT2D eigenvalue weighted by atomic mass is 9.91. The molecule has 0 aliphatic carbocycles. The van der Waals surface area contributed by atoms with Crippen LogP contribution in [0.25, 0.3) is 0 Å². The Morgan fingerprint density at radius 2 is 2.14 bits per heavy atom. The molecule has 2 aliphatic heterocycles. The third-order valence-electron chi connectivity index (χ3n) is 4.85. The van der Waals surface area contributed by atoms with E-state index in [1.807, 2.05) is 30.1 Å². The zero-order chi connectivity index (χ0) is 14.7. The van der Waals surface area contributed by atoms with E-state index in [0.717, 1.165) is 51.9 Å². The van der Waals surface area contributed by atoms with Gasteiger partial charge < -0.3 is 9.64 Å². The molecule has 5 nitrogen and oxygen atoms in total. The molecule has 2 fully saturated rings. The van der Waals surface area contributed by atoms with Crippen LogP contribution in [0.5, 0.6) is 0 Å². The molecule has 5 heteroatoms. The zero-order valence-electron chi connectivity index (χ0n) is 12.8. The molecule has 1 aromatic heterocycles. The van der Waals surface area contributed by atoms with Gasteiger partial charge in [-0.15, -0.1) is 0 Å². The fourth-order valence-electron chi connectivity index (χ4n) is 3.49. The van der Waals surface area contributed by atoms with E-state index in [0.29, 0.717) is 11.8 Å². The van der Waals surface area contributed by atoms with E-state index in [-0.39, 0.29) is 12.0 Å². The normalized spacial score (nSPS) is 27.8. The van der Waals surface area contributed by atoms with Gasteiger partial charge in [-0.2, -0.15) is 5.10 Å². The van der Waals surface area contributed by atoms with E-state index >= 15 is 0 Å². The van der Waals surface area contributed by atoms with Crippen LogP contribution < -0.4 is 0 Å². The largest absolute Gasteiger partial charge is 0.378 e. The van der Waals surface area contributed by atoms with Crippen LogP contribution in [0.15, 0.2) is 18.5 Å². The maximum atomic E-state index is 12.6. The molecule has 1 aromatic rings. The summed E-state index contributed by atoms with van der Waals surface area (Å²) in [6.07, 6.45) is 8.06. The first kappa shape index (κ1) is 14.6. The van der Waals surface area contributed by atoms with Crippen molar-refractivity contribution in [3.8, 4) is 0 Å². The van der Waals surface area contributed by atoms with Crippen LogP contribution in [0.3, 0.4) is 0 Å². The highest BCUT2D eigenvalue weighted by Gasteiger charge is 2.33. The Hall–Kier alpha value is -1.36. The molecule has 3 heterocycles. The molecule has 0 aromatic carbocycles. The highest BCUT2D eigenvalue weighted by Crippen LogP contribution is 2.26. The van der Waals surface area contributed by atoms with Crippen molar-refractivity contribution in [3.63, 3.8) is 0 Å². The Morgan fingerprint density at radius 3 is 2.81 bits per heavy atom. The molecule has 0 N–H and O–H groups in total. The molecule has 0 bridgehead atoms. The van der Waals surface area contributed by atoms with Crippen LogP contribution in [-0.4, -0.2) is 46.4 Å². The van der Waals surface area contributed by atoms with Gasteiger partial charge in [0.15, 0.2) is 0 Å². The predicted molar refractivity (Wildman–Crippen MR) is 79.7 cm³/mol. The molecule has 0 saturated carbocycles. The molecule has 2 saturated heterocycles. The number of carbonyl (C=O) groups is 1. The fraction of sp³-hybridized carbons (Fsp3) is 0.750. The summed E-state index contributed by atoms with van der Waals surface area (Å²) >= 11 is 0. The molecular weight excluding hydrogens is 266 g/mol. The second-order valence-electron chi connectivity index (χ2n) is 6.32. The molecule has 116 valence electrons. The number of carbonyl (C=O) groups excluding carboxylic acids is 1. The van der Waals surface area contributed by atoms with Gasteiger partial charge in [-0.3, -0.25) is 9.48 Å². The topological polar surface area (TPSA) is 47.4 Å². The highest BCUT2D eigenvalue weighted by molar-refractivity contribution is 5.79. The van der Waals surface area contributed by atoms with E-state index in [1.54, 1.807) is 0 Å². The maximum Gasteiger partial charge on any atom is 0.228 e. The SMILES string of the molecule is C[C@@H]1OCCC[C@H]1C(=O)N1CCC(Cn2cccn2)CC1. The van der Waals surface area contributed by atoms with Crippen molar-refractivity contribution in [2.24, 2.45) is 11.8 Å². The second kappa shape index (κ2) is 6.60. The summed E-state index contributed by atoms with van der Waals surface area (Å²) in [7, 11) is 0. The molecule has 2 atom stereocenters. The van der Waals surface area contributed by atoms with E-state index in [4.69, 9.17) is 4.74 Å². The highest BCUT2D eigenvalue weighted by atomic mass is 16.5. The minimum atomic E-state index is 0.0708. The third-order valence-corrected chi connectivity index (χ3v) is 4.85. The summed E-state index contributed by atoms with van der Waals surface area (Å²) in [5.41, 5.74) is 0. The zero-order valence-corrected chi connectivity index (χ0v) is 12.8. The molecule has 21 heavy (non-hydrogen) atoms. The molecule has 3 rings (SSSR count). The van der Waals surface area contributed by atoms with Crippen molar-refractivity contribution in [2.45, 2.75) is 45.3 Å². The van der Waals surface area contributed by atoms with Crippen LogP contribution in [0.1, 0.15) is 32.6 Å². The van der Waals surface area contributed by atoms with Gasteiger partial charge in [0.1, 0.15) is 0 Å². The molecule has 0 radical (unpaired) electrons. The first-order valence-corrected chi connectivity index (χ1v) is 8.12. The van der Waals surface area contributed by atoms with Gasteiger partial charge in [-0.05, 0) is 44.6 Å². The summed E-state index contributed by atoms with van der Waals surface area (Å²) in [5, 5.41) is 4.27. The van der Waals surface area contributed by atoms with Crippen molar-refractivity contribution < 1.29 is 9.53 Å². The van der Waals surface area contributed by atoms with E-state index in [9.17, 15) is 4.79 Å². The van der Waals surface area contributed by atoms with Gasteiger partial charge in [0, 0.05) is 38.6 Å². The van der Waals surface area contributed by atoms with Crippen molar-refractivity contribution in [1.29, 1.82) is 0 Å². The lowest BCUT2D eigenvalue weighted by Gasteiger charge is -2.37. The minimum absolute atomic E-state index is 0.0708. The number of hydrogen-bond acceptors (Lipinski definition) is 3. The van der Waals surface area contributed by atoms with Gasteiger partial charge >= 0.3 is 0 Å². The number of hydrogen-bond donors (Lipinski definition) is 0. The van der Waals surface area contributed by atoms with E-state index in [1.165, 1.54) is 0 Å². The van der Waals surface area contributed by atoms with Gasteiger partial charge in [0.2, 0.25) is 5.91 Å². The molecule has 2 aliphatic rings. The maximum absolute atomic E-state index is 12.6. The third kappa shape index (κ3) is 3.46. The molecular formula is C16H25N3O2. The lowest BCUT2D eigenvalue weighted by Crippen LogP contribution is -2.46. The molecule has 1 amide bonds. The average Bonchev–Trinajstić information content (AvgIpc) is 3.01. The minimum Gasteiger partial charge on any atom is -0.378 e. The summed E-state index contributed by atoms with van der Waals surface area (Å²) in [4.78, 5) is 14.7. The Bertz CT molecular complexity index is 452. The number of rotatable bonds is 3. The number of likely N-dealkylation sites (tertiary alicyclic amines) is 1. The van der Waals surface area contributed by atoms with Crippen LogP contribution in [0, 0.1) is 11.8 Å². The summed E-state index contributed by atoms with van der Waals surface area (Å²) < 4.78 is 7.63. The van der Waals surface area contributed by atoms with Crippen LogP contribution >= 0.6 is 0 Å². The summed E-state index contributed by atoms with van der Waals surface area (Å²) in [6, 6.07) is 1.96. The standard InChI is InChI=1S/C16H25N3O2/c1-13-15(4-2-11-21-13)16(20)18-9-5-14(6-10-18)12-19-8-3-7-17-19/h3,7-8,13-15H,2,4-6,9-12H2,1H3/t13-,15+/m0/s1. The van der Waals surface area contributed by atoms with Crippen molar-refractivity contribution in [1.82, 2.24) is 14.7 Å². The fourth-order valence-corrected chi connectivity index (χ4v) is 3.49. The van der Waals surface area contributed by atoms with Crippen LogP contribution in [0.2, 0.25) is 0 Å². The quantitative estimate of drug-likeness (QED) is 0.855. The van der Waals surface area contributed by atoms with E-state index in [2.05, 4.69) is 10.00 Å². The Morgan fingerprint density at radius 1 is 1.33 bits per heavy atom. The lowest BCUT2D eigenvalue weighted by molar-refractivity contribution is -0.145. The summed E-state index contributed by atoms with van der Waals surface area (Å²) in [5.74, 6) is 1.01. The smallest absolute Gasteiger partial charge is 0.228 e. The van der Waals surface area contributed by atoms with E-state index < -0.39 is 0 Å². The van der Waals surface area contributed by atoms with Crippen molar-refractivity contribution in [3.05, 3.63) is 18.5 Å². The Balaban J connectivity index is 1.49. The number of piperidine rings is 1. The summed E-state index contributed by atoms with van der Waals surface area (Å²) in [6.45, 7) is 5.57. The second-order valence-corrected chi connectivity index (χ2v) is 6.32. The van der Waals surface area contributed by atoms with Crippen molar-refractivity contribution in [2.75, 3.05) is 19.7 Å². The molecule has 0 unspecified atom stereocenters. The first-order chi connectivity index (χ1) is 10.2. The Kier molecular flexibility index (Phi) is 4.58. The average molecular weight is 291 g/mol. The predicted octanol–water partition coefficient (Wildman–Crippen LogP) is 1.94.